The van der Waals surface area contributed by atoms with Gasteiger partial charge in [-0.25, -0.2) is 13.2 Å². The van der Waals surface area contributed by atoms with E-state index in [9.17, 15) is 13.2 Å². The molecule has 0 heterocycles. The zero-order valence-corrected chi connectivity index (χ0v) is 15.5. The minimum atomic E-state index is -3.65. The van der Waals surface area contributed by atoms with E-state index in [-0.39, 0.29) is 4.90 Å². The molecule has 0 aromatic heterocycles. The lowest BCUT2D eigenvalue weighted by Gasteiger charge is -2.10. The van der Waals surface area contributed by atoms with Gasteiger partial charge in [-0.2, -0.15) is 0 Å². The first kappa shape index (κ1) is 19.0. The van der Waals surface area contributed by atoms with E-state index in [1.807, 2.05) is 6.92 Å². The number of sulfonamides is 1. The molecule has 0 unspecified atom stereocenters. The summed E-state index contributed by atoms with van der Waals surface area (Å²) in [5, 5.41) is 0. The van der Waals surface area contributed by atoms with Crippen molar-refractivity contribution in [2.75, 3.05) is 11.3 Å². The molecule has 5 nitrogen and oxygen atoms in total. The molecule has 0 aliphatic heterocycles. The number of esters is 1. The highest BCUT2D eigenvalue weighted by Gasteiger charge is 2.14. The zero-order valence-electron chi connectivity index (χ0n) is 14.7. The summed E-state index contributed by atoms with van der Waals surface area (Å²) in [5.74, 6) is 0.0555. The summed E-state index contributed by atoms with van der Waals surface area (Å²) in [6.07, 6.45) is 0.806. The average molecular weight is 361 g/mol. The Balaban J connectivity index is 2.02. The lowest BCUT2D eigenvalue weighted by atomic mass is 10.1. The molecule has 0 saturated heterocycles. The molecule has 0 spiro atoms. The number of benzene rings is 2. The molecular formula is C19H23NO4S. The molecule has 2 aromatic carbocycles. The van der Waals surface area contributed by atoms with Crippen molar-refractivity contribution in [2.24, 2.45) is 5.92 Å². The highest BCUT2D eigenvalue weighted by Crippen LogP contribution is 2.17. The summed E-state index contributed by atoms with van der Waals surface area (Å²) < 4.78 is 32.3. The maximum Gasteiger partial charge on any atom is 0.338 e. The molecule has 25 heavy (non-hydrogen) atoms. The topological polar surface area (TPSA) is 72.5 Å². The molecule has 0 aliphatic carbocycles. The van der Waals surface area contributed by atoms with Crippen molar-refractivity contribution in [3.05, 3.63) is 59.7 Å². The van der Waals surface area contributed by atoms with Crippen LogP contribution < -0.4 is 4.72 Å². The molecule has 0 fully saturated rings. The summed E-state index contributed by atoms with van der Waals surface area (Å²) in [6, 6.07) is 12.8. The second kappa shape index (κ2) is 8.16. The van der Waals surface area contributed by atoms with Crippen molar-refractivity contribution in [3.8, 4) is 0 Å². The Kier molecular flexibility index (Phi) is 6.20. The van der Waals surface area contributed by atoms with Gasteiger partial charge in [-0.15, -0.1) is 0 Å². The van der Waals surface area contributed by atoms with Crippen LogP contribution in [0.25, 0.3) is 0 Å². The Labute approximate surface area is 149 Å². The summed E-state index contributed by atoms with van der Waals surface area (Å²) in [6.45, 7) is 6.38. The molecule has 0 amide bonds. The van der Waals surface area contributed by atoms with Crippen LogP contribution in [0.4, 0.5) is 5.69 Å². The highest BCUT2D eigenvalue weighted by atomic mass is 32.2. The van der Waals surface area contributed by atoms with Crippen LogP contribution in [0.15, 0.2) is 53.4 Å². The molecule has 2 rings (SSSR count). The molecule has 2 aromatic rings. The SMILES string of the molecule is Cc1ccc(S(=O)(=O)Nc2ccc(C(=O)OCCC(C)C)cc2)cc1. The average Bonchev–Trinajstić information content (AvgIpc) is 2.55. The zero-order chi connectivity index (χ0) is 18.4. The third kappa shape index (κ3) is 5.60. The number of carbonyl (C=O) groups excluding carboxylic acids is 1. The second-order valence-corrected chi connectivity index (χ2v) is 8.00. The van der Waals surface area contributed by atoms with Crippen LogP contribution >= 0.6 is 0 Å². The number of aryl methyl sites for hydroxylation is 1. The van der Waals surface area contributed by atoms with Gasteiger partial charge in [0.05, 0.1) is 17.1 Å². The summed E-state index contributed by atoms with van der Waals surface area (Å²) in [4.78, 5) is 12.1. The normalized spacial score (nSPS) is 11.4. The fourth-order valence-electron chi connectivity index (χ4n) is 2.08. The fourth-order valence-corrected chi connectivity index (χ4v) is 3.14. The number of hydrogen-bond donors (Lipinski definition) is 1. The molecular weight excluding hydrogens is 338 g/mol. The van der Waals surface area contributed by atoms with Gasteiger partial charge in [0.15, 0.2) is 0 Å². The third-order valence-electron chi connectivity index (χ3n) is 3.63. The van der Waals surface area contributed by atoms with Gasteiger partial charge in [-0.05, 0) is 55.7 Å². The van der Waals surface area contributed by atoms with Crippen molar-refractivity contribution >= 4 is 21.7 Å². The number of carbonyl (C=O) groups is 1. The van der Waals surface area contributed by atoms with Gasteiger partial charge in [-0.3, -0.25) is 4.72 Å². The molecule has 134 valence electrons. The van der Waals surface area contributed by atoms with Gasteiger partial charge in [0, 0.05) is 5.69 Å². The summed E-state index contributed by atoms with van der Waals surface area (Å²) >= 11 is 0. The molecule has 1 N–H and O–H groups in total. The van der Waals surface area contributed by atoms with Crippen LogP contribution in [0, 0.1) is 12.8 Å². The second-order valence-electron chi connectivity index (χ2n) is 6.31. The lowest BCUT2D eigenvalue weighted by Crippen LogP contribution is -2.13. The van der Waals surface area contributed by atoms with E-state index in [0.29, 0.717) is 23.8 Å². The summed E-state index contributed by atoms with van der Waals surface area (Å²) in [7, 11) is -3.65. The van der Waals surface area contributed by atoms with Crippen LogP contribution in [-0.2, 0) is 14.8 Å². The highest BCUT2D eigenvalue weighted by molar-refractivity contribution is 7.92. The van der Waals surface area contributed by atoms with Crippen LogP contribution in [0.5, 0.6) is 0 Å². The van der Waals surface area contributed by atoms with Crippen LogP contribution in [0.1, 0.15) is 36.2 Å². The molecule has 6 heteroatoms. The Hall–Kier alpha value is -2.34. The minimum Gasteiger partial charge on any atom is -0.462 e. The van der Waals surface area contributed by atoms with Crippen molar-refractivity contribution in [1.82, 2.24) is 0 Å². The van der Waals surface area contributed by atoms with Gasteiger partial charge in [0.25, 0.3) is 10.0 Å². The number of anilines is 1. The van der Waals surface area contributed by atoms with Gasteiger partial charge in [-0.1, -0.05) is 31.5 Å². The van der Waals surface area contributed by atoms with Gasteiger partial charge in [0.2, 0.25) is 0 Å². The van der Waals surface area contributed by atoms with E-state index in [1.54, 1.807) is 48.5 Å². The van der Waals surface area contributed by atoms with E-state index in [4.69, 9.17) is 4.74 Å². The van der Waals surface area contributed by atoms with E-state index in [1.165, 1.54) is 0 Å². The third-order valence-corrected chi connectivity index (χ3v) is 5.03. The maximum atomic E-state index is 12.3. The predicted octanol–water partition coefficient (Wildman–Crippen LogP) is 4.00. The van der Waals surface area contributed by atoms with Crippen LogP contribution in [0.3, 0.4) is 0 Å². The van der Waals surface area contributed by atoms with Gasteiger partial charge >= 0.3 is 5.97 Å². The smallest absolute Gasteiger partial charge is 0.338 e. The largest absolute Gasteiger partial charge is 0.462 e. The van der Waals surface area contributed by atoms with E-state index in [0.717, 1.165) is 12.0 Å². The Bertz CT molecular complexity index is 810. The number of hydrogen-bond acceptors (Lipinski definition) is 4. The van der Waals surface area contributed by atoms with Crippen molar-refractivity contribution < 1.29 is 17.9 Å². The molecule has 0 atom stereocenters. The van der Waals surface area contributed by atoms with Crippen LogP contribution in [-0.4, -0.2) is 21.0 Å². The number of nitrogens with one attached hydrogen (secondary N) is 1. The van der Waals surface area contributed by atoms with Gasteiger partial charge in [0.1, 0.15) is 0 Å². The van der Waals surface area contributed by atoms with Crippen LogP contribution in [0.2, 0.25) is 0 Å². The first-order chi connectivity index (χ1) is 11.8. The molecule has 0 aliphatic rings. The van der Waals surface area contributed by atoms with Crippen molar-refractivity contribution in [3.63, 3.8) is 0 Å². The quantitative estimate of drug-likeness (QED) is 0.757. The first-order valence-corrected chi connectivity index (χ1v) is 9.63. The monoisotopic (exact) mass is 361 g/mol. The van der Waals surface area contributed by atoms with E-state index < -0.39 is 16.0 Å². The maximum absolute atomic E-state index is 12.3. The molecule has 0 bridgehead atoms. The number of ether oxygens (including phenoxy) is 1. The molecule has 0 saturated carbocycles. The van der Waals surface area contributed by atoms with Crippen molar-refractivity contribution in [1.29, 1.82) is 0 Å². The predicted molar refractivity (Wildman–Crippen MR) is 98.2 cm³/mol. The summed E-state index contributed by atoms with van der Waals surface area (Å²) in [5.41, 5.74) is 1.76. The van der Waals surface area contributed by atoms with Crippen molar-refractivity contribution in [2.45, 2.75) is 32.1 Å². The first-order valence-electron chi connectivity index (χ1n) is 8.14. The standard InChI is InChI=1S/C19H23NO4S/c1-14(2)12-13-24-19(21)16-6-8-17(9-7-16)20-25(22,23)18-10-4-15(3)5-11-18/h4-11,14,20H,12-13H2,1-3H3. The Morgan fingerprint density at radius 1 is 1.04 bits per heavy atom. The number of rotatable bonds is 7. The Morgan fingerprint density at radius 2 is 1.64 bits per heavy atom. The van der Waals surface area contributed by atoms with E-state index in [2.05, 4.69) is 18.6 Å². The van der Waals surface area contributed by atoms with Gasteiger partial charge < -0.3 is 4.74 Å². The Morgan fingerprint density at radius 3 is 2.20 bits per heavy atom. The van der Waals surface area contributed by atoms with E-state index >= 15 is 0 Å². The molecule has 0 radical (unpaired) electrons. The lowest BCUT2D eigenvalue weighted by molar-refractivity contribution is 0.0488. The fraction of sp³-hybridized carbons (Fsp3) is 0.316. The minimum absolute atomic E-state index is 0.190.